The van der Waals surface area contributed by atoms with Gasteiger partial charge in [-0.3, -0.25) is 9.69 Å². The summed E-state index contributed by atoms with van der Waals surface area (Å²) in [5.74, 6) is 0.0676. The number of anilines is 2. The fraction of sp³-hybridized carbons (Fsp3) is 0.500. The molecule has 1 unspecified atom stereocenters. The van der Waals surface area contributed by atoms with E-state index < -0.39 is 0 Å². The van der Waals surface area contributed by atoms with Gasteiger partial charge in [0.25, 0.3) is 0 Å². The molecule has 1 aromatic rings. The predicted octanol–water partition coefficient (Wildman–Crippen LogP) is 0.620. The van der Waals surface area contributed by atoms with Crippen molar-refractivity contribution in [3.05, 3.63) is 0 Å². The number of aromatic nitrogens is 2. The van der Waals surface area contributed by atoms with Gasteiger partial charge in [0, 0.05) is 17.8 Å². The number of hydrogen-bond donors (Lipinski definition) is 1. The highest BCUT2D eigenvalue weighted by molar-refractivity contribution is 9.09. The lowest BCUT2D eigenvalue weighted by Gasteiger charge is -2.09. The number of alkyl halides is 1. The van der Waals surface area contributed by atoms with Crippen LogP contribution in [0.15, 0.2) is 0 Å². The van der Waals surface area contributed by atoms with E-state index in [9.17, 15) is 4.79 Å². The van der Waals surface area contributed by atoms with Gasteiger partial charge in [0.15, 0.2) is 0 Å². The van der Waals surface area contributed by atoms with E-state index >= 15 is 0 Å². The van der Waals surface area contributed by atoms with Crippen LogP contribution in [0.1, 0.15) is 6.42 Å². The Labute approximate surface area is 87.1 Å². The average Bonchev–Trinajstić information content (AvgIpc) is 2.58. The highest BCUT2D eigenvalue weighted by Gasteiger charge is 2.30. The van der Waals surface area contributed by atoms with Gasteiger partial charge in [-0.1, -0.05) is 27.3 Å². The molecule has 1 saturated heterocycles. The summed E-state index contributed by atoms with van der Waals surface area (Å²) in [5, 5.41) is 8.45. The molecule has 70 valence electrons. The summed E-state index contributed by atoms with van der Waals surface area (Å²) in [6, 6.07) is 0. The molecule has 1 aliphatic rings. The van der Waals surface area contributed by atoms with Crippen LogP contribution in [0.5, 0.6) is 0 Å². The van der Waals surface area contributed by atoms with Crippen molar-refractivity contribution in [3.63, 3.8) is 0 Å². The lowest BCUT2D eigenvalue weighted by molar-refractivity contribution is -0.117. The van der Waals surface area contributed by atoms with E-state index in [0.717, 1.165) is 0 Å². The van der Waals surface area contributed by atoms with Gasteiger partial charge in [-0.25, -0.2) is 0 Å². The van der Waals surface area contributed by atoms with E-state index in [2.05, 4.69) is 26.1 Å². The minimum atomic E-state index is 0.0676. The summed E-state index contributed by atoms with van der Waals surface area (Å²) in [6.07, 6.45) is 0.513. The van der Waals surface area contributed by atoms with Crippen molar-refractivity contribution in [3.8, 4) is 0 Å². The molecule has 7 heteroatoms. The zero-order valence-corrected chi connectivity index (χ0v) is 9.01. The second kappa shape index (κ2) is 3.22. The topological polar surface area (TPSA) is 72.1 Å². The van der Waals surface area contributed by atoms with Crippen LogP contribution in [0.2, 0.25) is 0 Å². The lowest BCUT2D eigenvalue weighted by atomic mass is 10.4. The summed E-state index contributed by atoms with van der Waals surface area (Å²) >= 11 is 4.62. The summed E-state index contributed by atoms with van der Waals surface area (Å²) in [7, 11) is 0. The molecule has 2 heterocycles. The Morgan fingerprint density at radius 2 is 2.38 bits per heavy atom. The van der Waals surface area contributed by atoms with Crippen molar-refractivity contribution in [2.45, 2.75) is 11.2 Å². The van der Waals surface area contributed by atoms with E-state index in [1.807, 2.05) is 0 Å². The molecule has 13 heavy (non-hydrogen) atoms. The lowest BCUT2D eigenvalue weighted by Crippen LogP contribution is -2.24. The van der Waals surface area contributed by atoms with Gasteiger partial charge in [-0.15, -0.1) is 10.2 Å². The Kier molecular flexibility index (Phi) is 2.20. The number of hydrogen-bond acceptors (Lipinski definition) is 5. The quantitative estimate of drug-likeness (QED) is 0.754. The Bertz CT molecular complexity index is 341. The van der Waals surface area contributed by atoms with Crippen molar-refractivity contribution in [2.75, 3.05) is 17.2 Å². The van der Waals surface area contributed by atoms with E-state index in [4.69, 9.17) is 5.73 Å². The van der Waals surface area contributed by atoms with Crippen LogP contribution in [-0.2, 0) is 4.79 Å². The molecule has 1 atom stereocenters. The van der Waals surface area contributed by atoms with Crippen molar-refractivity contribution < 1.29 is 4.79 Å². The van der Waals surface area contributed by atoms with Gasteiger partial charge >= 0.3 is 0 Å². The molecular weight excluding hydrogens is 256 g/mol. The number of nitrogens with two attached hydrogens (primary N) is 1. The first-order chi connectivity index (χ1) is 6.16. The Morgan fingerprint density at radius 1 is 1.62 bits per heavy atom. The minimum Gasteiger partial charge on any atom is -0.374 e. The summed E-state index contributed by atoms with van der Waals surface area (Å²) in [5.41, 5.74) is 5.42. The average molecular weight is 263 g/mol. The van der Waals surface area contributed by atoms with Gasteiger partial charge in [0.1, 0.15) is 0 Å². The van der Waals surface area contributed by atoms with E-state index in [1.54, 1.807) is 4.90 Å². The molecule has 2 N–H and O–H groups in total. The smallest absolute Gasteiger partial charge is 0.230 e. The second-order valence-corrected chi connectivity index (χ2v) is 5.01. The first kappa shape index (κ1) is 8.89. The van der Waals surface area contributed by atoms with Gasteiger partial charge in [-0.2, -0.15) is 0 Å². The van der Waals surface area contributed by atoms with Gasteiger partial charge in [-0.05, 0) is 0 Å². The van der Waals surface area contributed by atoms with Crippen LogP contribution in [0, 0.1) is 0 Å². The maximum Gasteiger partial charge on any atom is 0.230 e. The van der Waals surface area contributed by atoms with E-state index in [-0.39, 0.29) is 10.7 Å². The van der Waals surface area contributed by atoms with Gasteiger partial charge < -0.3 is 5.73 Å². The standard InChI is InChI=1S/C6H7BrN4OS/c7-3-1-4(12)11(2-3)6-10-9-5(8)13-6/h3H,1-2H2,(H2,8,9). The number of carbonyl (C=O) groups excluding carboxylic acids is 1. The van der Waals surface area contributed by atoms with Crippen molar-refractivity contribution in [1.29, 1.82) is 0 Å². The van der Waals surface area contributed by atoms with E-state index in [1.165, 1.54) is 11.3 Å². The number of amides is 1. The van der Waals surface area contributed by atoms with Gasteiger partial charge in [0.2, 0.25) is 16.2 Å². The monoisotopic (exact) mass is 262 g/mol. The Balaban J connectivity index is 2.22. The Morgan fingerprint density at radius 3 is 2.85 bits per heavy atom. The zero-order chi connectivity index (χ0) is 9.42. The van der Waals surface area contributed by atoms with Crippen molar-refractivity contribution in [1.82, 2.24) is 10.2 Å². The molecule has 1 aromatic heterocycles. The third-order valence-corrected chi connectivity index (χ3v) is 3.13. The number of halogens is 1. The van der Waals surface area contributed by atoms with Crippen LogP contribution in [0.4, 0.5) is 10.3 Å². The summed E-state index contributed by atoms with van der Waals surface area (Å²) < 4.78 is 0. The molecule has 0 bridgehead atoms. The molecule has 1 fully saturated rings. The third-order valence-electron chi connectivity index (χ3n) is 1.74. The highest BCUT2D eigenvalue weighted by Crippen LogP contribution is 2.28. The molecule has 0 aromatic carbocycles. The number of nitrogen functional groups attached to an aromatic ring is 1. The molecule has 0 radical (unpaired) electrons. The maximum absolute atomic E-state index is 11.4. The molecule has 5 nitrogen and oxygen atoms in total. The Hall–Kier alpha value is -0.690. The first-order valence-electron chi connectivity index (χ1n) is 3.70. The largest absolute Gasteiger partial charge is 0.374 e. The molecular formula is C6H7BrN4OS. The van der Waals surface area contributed by atoms with Gasteiger partial charge in [0.05, 0.1) is 0 Å². The van der Waals surface area contributed by atoms with Crippen LogP contribution >= 0.6 is 27.3 Å². The van der Waals surface area contributed by atoms with Crippen molar-refractivity contribution in [2.24, 2.45) is 0 Å². The minimum absolute atomic E-state index is 0.0676. The molecule has 2 rings (SSSR count). The molecule has 1 amide bonds. The zero-order valence-electron chi connectivity index (χ0n) is 6.61. The fourth-order valence-electron chi connectivity index (χ4n) is 1.18. The molecule has 0 saturated carbocycles. The summed E-state index contributed by atoms with van der Waals surface area (Å²) in [6.45, 7) is 0.646. The predicted molar refractivity (Wildman–Crippen MR) is 54.0 cm³/mol. The molecule has 0 spiro atoms. The number of nitrogens with zero attached hydrogens (tertiary/aromatic N) is 3. The second-order valence-electron chi connectivity index (χ2n) is 2.73. The fourth-order valence-corrected chi connectivity index (χ4v) is 2.39. The third kappa shape index (κ3) is 1.66. The van der Waals surface area contributed by atoms with Crippen molar-refractivity contribution >= 4 is 43.4 Å². The molecule has 0 aliphatic carbocycles. The normalized spacial score (nSPS) is 22.7. The number of carbonyl (C=O) groups is 1. The van der Waals surface area contributed by atoms with Crippen LogP contribution in [-0.4, -0.2) is 27.5 Å². The van der Waals surface area contributed by atoms with E-state index in [0.29, 0.717) is 23.2 Å². The van der Waals surface area contributed by atoms with Crippen LogP contribution < -0.4 is 10.6 Å². The first-order valence-corrected chi connectivity index (χ1v) is 5.43. The van der Waals surface area contributed by atoms with Crippen LogP contribution in [0.3, 0.4) is 0 Å². The molecule has 1 aliphatic heterocycles. The number of rotatable bonds is 1. The van der Waals surface area contributed by atoms with Crippen LogP contribution in [0.25, 0.3) is 0 Å². The summed E-state index contributed by atoms with van der Waals surface area (Å²) in [4.78, 5) is 13.2. The SMILES string of the molecule is Nc1nnc(N2CC(Br)CC2=O)s1. The highest BCUT2D eigenvalue weighted by atomic mass is 79.9. The maximum atomic E-state index is 11.4.